The normalized spacial score (nSPS) is 14.8. The van der Waals surface area contributed by atoms with Crippen molar-refractivity contribution in [3.63, 3.8) is 0 Å². The van der Waals surface area contributed by atoms with Crippen LogP contribution in [0.4, 0.5) is 4.79 Å². The number of hydrogen-bond donors (Lipinski definition) is 4. The summed E-state index contributed by atoms with van der Waals surface area (Å²) in [5.41, 5.74) is 6.25. The zero-order chi connectivity index (χ0) is 36.2. The second-order valence-electron chi connectivity index (χ2n) is 10.9. The largest absolute Gasteiger partial charge is 0.490 e. The second-order valence-corrected chi connectivity index (χ2v) is 11.7. The van der Waals surface area contributed by atoms with Gasteiger partial charge >= 0.3 is 12.0 Å². The second kappa shape index (κ2) is 18.2. The van der Waals surface area contributed by atoms with Crippen LogP contribution in [-0.4, -0.2) is 56.5 Å². The van der Waals surface area contributed by atoms with Crippen LogP contribution in [0.2, 0.25) is 10.0 Å². The number of aliphatic hydroxyl groups excluding tert-OH is 1. The molecule has 50 heavy (non-hydrogen) atoms. The van der Waals surface area contributed by atoms with Gasteiger partial charge in [-0.25, -0.2) is 9.59 Å². The van der Waals surface area contributed by atoms with Gasteiger partial charge in [0.2, 0.25) is 0 Å². The van der Waals surface area contributed by atoms with Crippen LogP contribution in [0.1, 0.15) is 49.1 Å². The zero-order valence-electron chi connectivity index (χ0n) is 28.2. The van der Waals surface area contributed by atoms with Gasteiger partial charge in [-0.05, 0) is 80.3 Å². The average molecular weight is 728 g/mol. The third kappa shape index (κ3) is 9.84. The Hall–Kier alpha value is -4.91. The van der Waals surface area contributed by atoms with Crippen LogP contribution in [0.5, 0.6) is 23.0 Å². The molecule has 4 rings (SSSR count). The maximum Gasteiger partial charge on any atom is 0.337 e. The molecule has 2 amide bonds. The summed E-state index contributed by atoms with van der Waals surface area (Å²) in [4.78, 5) is 24.7. The lowest BCUT2D eigenvalue weighted by Crippen LogP contribution is -2.45. The van der Waals surface area contributed by atoms with E-state index in [1.54, 1.807) is 55.6 Å². The quantitative estimate of drug-likeness (QED) is 0.0418. The summed E-state index contributed by atoms with van der Waals surface area (Å²) in [6.07, 6.45) is 2.63. The first kappa shape index (κ1) is 37.9. The number of carbonyl (C=O) groups is 2. The predicted molar refractivity (Wildman–Crippen MR) is 191 cm³/mol. The van der Waals surface area contributed by atoms with Crippen molar-refractivity contribution in [1.82, 2.24) is 16.1 Å². The summed E-state index contributed by atoms with van der Waals surface area (Å²) in [6.45, 7) is 9.97. The van der Waals surface area contributed by atoms with Crippen LogP contribution in [0, 0.1) is 0 Å². The summed E-state index contributed by atoms with van der Waals surface area (Å²) in [7, 11) is 1.27. The molecule has 1 heterocycles. The molecule has 1 aliphatic rings. The highest BCUT2D eigenvalue weighted by Crippen LogP contribution is 2.36. The molecule has 3 aromatic rings. The van der Waals surface area contributed by atoms with Gasteiger partial charge in [0.1, 0.15) is 13.2 Å². The molecule has 0 saturated carbocycles. The molecule has 0 unspecified atom stereocenters. The van der Waals surface area contributed by atoms with Gasteiger partial charge in [-0.3, -0.25) is 5.43 Å². The van der Waals surface area contributed by atoms with Gasteiger partial charge in [-0.1, -0.05) is 41.4 Å². The number of aliphatic hydroxyl groups is 1. The van der Waals surface area contributed by atoms with Gasteiger partial charge < -0.3 is 39.4 Å². The first-order chi connectivity index (χ1) is 24.1. The smallest absolute Gasteiger partial charge is 0.337 e. The summed E-state index contributed by atoms with van der Waals surface area (Å²) in [5, 5.41) is 21.0. The Morgan fingerprint density at radius 2 is 1.78 bits per heavy atom. The van der Waals surface area contributed by atoms with Gasteiger partial charge in [-0.2, -0.15) is 5.10 Å². The van der Waals surface area contributed by atoms with E-state index in [1.165, 1.54) is 7.11 Å². The minimum Gasteiger partial charge on any atom is -0.490 e. The summed E-state index contributed by atoms with van der Waals surface area (Å²) in [5.74, 6) is 1.21. The molecule has 2 atom stereocenters. The Balaban J connectivity index is 1.44. The van der Waals surface area contributed by atoms with Crippen LogP contribution in [0.3, 0.4) is 0 Å². The molecule has 3 aromatic carbocycles. The van der Waals surface area contributed by atoms with E-state index >= 15 is 0 Å². The van der Waals surface area contributed by atoms with Crippen molar-refractivity contribution in [3.8, 4) is 23.0 Å². The molecular formula is C36H40Cl2N4O8. The molecule has 12 nitrogen and oxygen atoms in total. The Morgan fingerprint density at radius 1 is 1.02 bits per heavy atom. The summed E-state index contributed by atoms with van der Waals surface area (Å²) in [6, 6.07) is 12.8. The van der Waals surface area contributed by atoms with Crippen LogP contribution >= 0.6 is 23.2 Å². The third-order valence-electron chi connectivity index (χ3n) is 7.29. The molecule has 4 N–H and O–H groups in total. The van der Waals surface area contributed by atoms with E-state index in [4.69, 9.17) is 46.9 Å². The number of carbonyl (C=O) groups excluding carboxylic acids is 2. The monoisotopic (exact) mass is 726 g/mol. The van der Waals surface area contributed by atoms with E-state index in [0.29, 0.717) is 69.5 Å². The van der Waals surface area contributed by atoms with Crippen LogP contribution in [0.15, 0.2) is 77.6 Å². The van der Waals surface area contributed by atoms with Crippen molar-refractivity contribution < 1.29 is 38.4 Å². The number of hydrazone groups is 1. The number of halogens is 2. The first-order valence-corrected chi connectivity index (χ1v) is 16.5. The molecule has 14 heteroatoms. The third-order valence-corrected chi connectivity index (χ3v) is 8.03. The molecule has 1 aliphatic heterocycles. The number of rotatable bonds is 17. The Morgan fingerprint density at radius 3 is 2.48 bits per heavy atom. The Bertz CT molecular complexity index is 1760. The van der Waals surface area contributed by atoms with E-state index in [-0.39, 0.29) is 18.8 Å². The summed E-state index contributed by atoms with van der Waals surface area (Å²) >= 11 is 12.2. The number of nitrogens with one attached hydrogen (secondary N) is 3. The van der Waals surface area contributed by atoms with E-state index in [9.17, 15) is 14.7 Å². The standard InChI is InChI=1S/C36H40Cl2N4O8/c1-6-9-25-14-23(16-30(48-8-3)34(25)50-19-22-10-12-26(37)27(38)15-22)18-39-42-31(43)20-49-28-13-11-24(17-29(28)47-7-2)33-32(35(44)46-5)21(4)40-36(45)41-33/h6,10-18,31,33,42-43H,1,7-9,19-20H2,2-5H3,(H2,40,41,45)/b39-18-/t31-,33-/m1/s1. The van der Waals surface area contributed by atoms with Gasteiger partial charge in [0, 0.05) is 11.3 Å². The lowest BCUT2D eigenvalue weighted by molar-refractivity contribution is -0.136. The highest BCUT2D eigenvalue weighted by molar-refractivity contribution is 6.42. The van der Waals surface area contributed by atoms with Crippen LogP contribution in [0.25, 0.3) is 0 Å². The van der Waals surface area contributed by atoms with Crippen molar-refractivity contribution in [2.24, 2.45) is 5.10 Å². The number of ether oxygens (including phenoxy) is 5. The molecule has 0 radical (unpaired) electrons. The number of allylic oxidation sites excluding steroid dienone is 2. The van der Waals surface area contributed by atoms with E-state index in [0.717, 1.165) is 11.1 Å². The van der Waals surface area contributed by atoms with E-state index < -0.39 is 24.3 Å². The number of benzene rings is 3. The minimum absolute atomic E-state index is 0.180. The molecule has 266 valence electrons. The summed E-state index contributed by atoms with van der Waals surface area (Å²) < 4.78 is 28.6. The number of esters is 1. The maximum absolute atomic E-state index is 12.5. The Kier molecular flexibility index (Phi) is 13.8. The van der Waals surface area contributed by atoms with Gasteiger partial charge in [0.05, 0.1) is 48.2 Å². The molecule has 0 spiro atoms. The molecule has 0 saturated heterocycles. The maximum atomic E-state index is 12.5. The fourth-order valence-electron chi connectivity index (χ4n) is 5.10. The number of amides is 2. The lowest BCUT2D eigenvalue weighted by atomic mass is 9.95. The van der Waals surface area contributed by atoms with Gasteiger partial charge in [0.25, 0.3) is 0 Å². The molecular weight excluding hydrogens is 687 g/mol. The first-order valence-electron chi connectivity index (χ1n) is 15.8. The van der Waals surface area contributed by atoms with E-state index in [2.05, 4.69) is 27.7 Å². The molecule has 0 fully saturated rings. The predicted octanol–water partition coefficient (Wildman–Crippen LogP) is 6.22. The molecule has 0 bridgehead atoms. The fraction of sp³-hybridized carbons (Fsp3) is 0.306. The SMILES string of the molecule is C=CCc1cc(/C=N\N[C@H](O)COc2ccc([C@H]3NC(=O)NC(C)=C3C(=O)OC)cc2OCC)cc(OCC)c1OCc1ccc(Cl)c(Cl)c1. The van der Waals surface area contributed by atoms with Crippen LogP contribution < -0.4 is 35.0 Å². The van der Waals surface area contributed by atoms with Crippen molar-refractivity contribution in [3.05, 3.63) is 105 Å². The number of hydrogen-bond acceptors (Lipinski definition) is 10. The number of nitrogens with zero attached hydrogens (tertiary/aromatic N) is 1. The fourth-order valence-corrected chi connectivity index (χ4v) is 5.42. The van der Waals surface area contributed by atoms with Crippen molar-refractivity contribution in [2.45, 2.75) is 46.1 Å². The Labute approximate surface area is 301 Å². The molecule has 0 aromatic heterocycles. The highest BCUT2D eigenvalue weighted by atomic mass is 35.5. The average Bonchev–Trinajstić information content (AvgIpc) is 3.08. The van der Waals surface area contributed by atoms with E-state index in [1.807, 2.05) is 26.0 Å². The highest BCUT2D eigenvalue weighted by Gasteiger charge is 2.32. The van der Waals surface area contributed by atoms with Gasteiger partial charge in [0.15, 0.2) is 29.2 Å². The van der Waals surface area contributed by atoms with Gasteiger partial charge in [-0.15, -0.1) is 6.58 Å². The lowest BCUT2D eigenvalue weighted by Gasteiger charge is -2.28. The van der Waals surface area contributed by atoms with Crippen molar-refractivity contribution in [1.29, 1.82) is 0 Å². The zero-order valence-corrected chi connectivity index (χ0v) is 29.7. The number of urea groups is 1. The molecule has 0 aliphatic carbocycles. The number of methoxy groups -OCH3 is 1. The van der Waals surface area contributed by atoms with Crippen LogP contribution in [-0.2, 0) is 22.6 Å². The van der Waals surface area contributed by atoms with Crippen molar-refractivity contribution in [2.75, 3.05) is 26.9 Å². The minimum atomic E-state index is -1.19. The topological polar surface area (TPSA) is 149 Å². The van der Waals surface area contributed by atoms with Crippen molar-refractivity contribution >= 4 is 41.4 Å².